The number of benzene rings is 2. The fraction of sp³-hybridized carbons (Fsp3) is 0.0800. The van der Waals surface area contributed by atoms with Crippen molar-refractivity contribution in [3.63, 3.8) is 0 Å². The highest BCUT2D eigenvalue weighted by atomic mass is 79.9. The molecule has 1 aromatic heterocycles. The van der Waals surface area contributed by atoms with Crippen molar-refractivity contribution in [2.45, 2.75) is 6.92 Å². The van der Waals surface area contributed by atoms with Gasteiger partial charge in [-0.3, -0.25) is 9.59 Å². The lowest BCUT2D eigenvalue weighted by Crippen LogP contribution is -2.42. The number of carbonyl (C=O) groups is 2. The van der Waals surface area contributed by atoms with E-state index in [9.17, 15) is 14.9 Å². The molecule has 0 unspecified atom stereocenters. The standard InChI is InChI=1S/C25H17BrN2O4/c1-15-21(13-20-11-12-23(32-20)16-3-5-17(26)6-4-16)24(29)28(25(30)22(15)14-27)18-7-9-19(31-2)10-8-18/h3-13H,1-2H3. The number of nitriles is 1. The molecule has 0 radical (unpaired) electrons. The number of methoxy groups -OCH3 is 1. The van der Waals surface area contributed by atoms with Gasteiger partial charge in [0.05, 0.1) is 12.8 Å². The monoisotopic (exact) mass is 488 g/mol. The number of rotatable bonds is 4. The second kappa shape index (κ2) is 8.69. The first kappa shape index (κ1) is 21.3. The summed E-state index contributed by atoms with van der Waals surface area (Å²) in [6, 6.07) is 19.6. The first-order chi connectivity index (χ1) is 15.4. The number of nitrogens with zero attached hydrogens (tertiary/aromatic N) is 2. The summed E-state index contributed by atoms with van der Waals surface area (Å²) in [5.41, 5.74) is 1.67. The third kappa shape index (κ3) is 3.88. The summed E-state index contributed by atoms with van der Waals surface area (Å²) >= 11 is 3.40. The van der Waals surface area contributed by atoms with Gasteiger partial charge in [-0.2, -0.15) is 5.26 Å². The van der Waals surface area contributed by atoms with Gasteiger partial charge in [-0.05, 0) is 67.1 Å². The van der Waals surface area contributed by atoms with Crippen LogP contribution < -0.4 is 9.64 Å². The van der Waals surface area contributed by atoms with E-state index in [1.807, 2.05) is 30.3 Å². The summed E-state index contributed by atoms with van der Waals surface area (Å²) in [6.45, 7) is 1.59. The van der Waals surface area contributed by atoms with E-state index in [2.05, 4.69) is 15.9 Å². The highest BCUT2D eigenvalue weighted by molar-refractivity contribution is 9.10. The third-order valence-electron chi connectivity index (χ3n) is 5.11. The Morgan fingerprint density at radius 1 is 1.00 bits per heavy atom. The Bertz CT molecular complexity index is 1310. The molecule has 2 aromatic carbocycles. The van der Waals surface area contributed by atoms with Crippen molar-refractivity contribution < 1.29 is 18.7 Å². The van der Waals surface area contributed by atoms with Crippen molar-refractivity contribution in [3.05, 3.63) is 87.6 Å². The van der Waals surface area contributed by atoms with E-state index in [4.69, 9.17) is 9.15 Å². The van der Waals surface area contributed by atoms with Gasteiger partial charge in [-0.1, -0.05) is 28.1 Å². The highest BCUT2D eigenvalue weighted by Crippen LogP contribution is 2.32. The van der Waals surface area contributed by atoms with Gasteiger partial charge in [0.25, 0.3) is 11.8 Å². The first-order valence-corrected chi connectivity index (χ1v) is 10.4. The Kier molecular flexibility index (Phi) is 5.80. The van der Waals surface area contributed by atoms with E-state index in [-0.39, 0.29) is 11.1 Å². The summed E-state index contributed by atoms with van der Waals surface area (Å²) in [5.74, 6) is 0.472. The minimum Gasteiger partial charge on any atom is -0.497 e. The lowest BCUT2D eigenvalue weighted by atomic mass is 9.94. The molecule has 32 heavy (non-hydrogen) atoms. The molecule has 0 atom stereocenters. The summed E-state index contributed by atoms with van der Waals surface area (Å²) in [5, 5.41) is 9.58. The number of amides is 2. The molecule has 7 heteroatoms. The van der Waals surface area contributed by atoms with Crippen molar-refractivity contribution in [1.82, 2.24) is 0 Å². The van der Waals surface area contributed by atoms with Crippen molar-refractivity contribution in [1.29, 1.82) is 5.26 Å². The SMILES string of the molecule is COc1ccc(N2C(=O)C(=Cc3ccc(-c4ccc(Br)cc4)o3)C(C)=C(C#N)C2=O)cc1. The van der Waals surface area contributed by atoms with Crippen LogP contribution in [0.1, 0.15) is 12.7 Å². The average molecular weight is 489 g/mol. The number of halogens is 1. The lowest BCUT2D eigenvalue weighted by Gasteiger charge is -2.27. The van der Waals surface area contributed by atoms with Gasteiger partial charge in [-0.25, -0.2) is 4.90 Å². The summed E-state index contributed by atoms with van der Waals surface area (Å²) < 4.78 is 12.0. The van der Waals surface area contributed by atoms with Crippen LogP contribution in [-0.2, 0) is 9.59 Å². The van der Waals surface area contributed by atoms with E-state index in [0.29, 0.717) is 28.5 Å². The number of hydrogen-bond donors (Lipinski definition) is 0. The lowest BCUT2D eigenvalue weighted by molar-refractivity contribution is -0.122. The molecule has 0 bridgehead atoms. The van der Waals surface area contributed by atoms with Crippen LogP contribution in [0, 0.1) is 11.3 Å². The second-order valence-electron chi connectivity index (χ2n) is 7.02. The van der Waals surface area contributed by atoms with Gasteiger partial charge in [0.1, 0.15) is 28.9 Å². The smallest absolute Gasteiger partial charge is 0.276 e. The number of carbonyl (C=O) groups excluding carboxylic acids is 2. The Labute approximate surface area is 193 Å². The molecule has 0 spiro atoms. The molecule has 1 aliphatic heterocycles. The topological polar surface area (TPSA) is 83.5 Å². The summed E-state index contributed by atoms with van der Waals surface area (Å²) in [7, 11) is 1.53. The summed E-state index contributed by atoms with van der Waals surface area (Å²) in [4.78, 5) is 27.2. The Balaban J connectivity index is 1.75. The molecule has 2 heterocycles. The predicted octanol–water partition coefficient (Wildman–Crippen LogP) is 5.51. The fourth-order valence-electron chi connectivity index (χ4n) is 3.39. The van der Waals surface area contributed by atoms with Crippen LogP contribution in [0.3, 0.4) is 0 Å². The van der Waals surface area contributed by atoms with Gasteiger partial charge in [0.2, 0.25) is 0 Å². The Morgan fingerprint density at radius 2 is 1.69 bits per heavy atom. The second-order valence-corrected chi connectivity index (χ2v) is 7.94. The molecule has 1 aliphatic rings. The number of hydrogen-bond acceptors (Lipinski definition) is 5. The van der Waals surface area contributed by atoms with E-state index in [1.54, 1.807) is 49.4 Å². The number of ether oxygens (including phenoxy) is 1. The van der Waals surface area contributed by atoms with Crippen LogP contribution in [0.2, 0.25) is 0 Å². The maximum absolute atomic E-state index is 13.3. The molecular formula is C25H17BrN2O4. The molecule has 158 valence electrons. The first-order valence-electron chi connectivity index (χ1n) is 9.64. The quantitative estimate of drug-likeness (QED) is 0.356. The van der Waals surface area contributed by atoms with Crippen LogP contribution >= 0.6 is 15.9 Å². The largest absolute Gasteiger partial charge is 0.497 e. The minimum atomic E-state index is -0.660. The van der Waals surface area contributed by atoms with Crippen LogP contribution in [0.4, 0.5) is 5.69 Å². The van der Waals surface area contributed by atoms with Crippen LogP contribution in [0.15, 0.2) is 86.3 Å². The fourth-order valence-corrected chi connectivity index (χ4v) is 3.65. The van der Waals surface area contributed by atoms with E-state index in [0.717, 1.165) is 14.9 Å². The van der Waals surface area contributed by atoms with Gasteiger partial charge >= 0.3 is 0 Å². The van der Waals surface area contributed by atoms with E-state index < -0.39 is 11.8 Å². The number of imide groups is 1. The molecule has 0 N–H and O–H groups in total. The van der Waals surface area contributed by atoms with Crippen molar-refractivity contribution >= 4 is 39.5 Å². The Morgan fingerprint density at radius 3 is 2.31 bits per heavy atom. The van der Waals surface area contributed by atoms with Crippen molar-refractivity contribution in [2.24, 2.45) is 0 Å². The van der Waals surface area contributed by atoms with Crippen LogP contribution in [0.25, 0.3) is 17.4 Å². The summed E-state index contributed by atoms with van der Waals surface area (Å²) in [6.07, 6.45) is 1.56. The zero-order chi connectivity index (χ0) is 22.8. The Hall–Kier alpha value is -3.89. The molecule has 0 aliphatic carbocycles. The van der Waals surface area contributed by atoms with E-state index in [1.165, 1.54) is 7.11 Å². The van der Waals surface area contributed by atoms with Crippen LogP contribution in [-0.4, -0.2) is 18.9 Å². The van der Waals surface area contributed by atoms with E-state index >= 15 is 0 Å². The van der Waals surface area contributed by atoms with Gasteiger partial charge in [-0.15, -0.1) is 0 Å². The minimum absolute atomic E-state index is 0.0913. The maximum atomic E-state index is 13.3. The highest BCUT2D eigenvalue weighted by Gasteiger charge is 2.36. The zero-order valence-electron chi connectivity index (χ0n) is 17.3. The van der Waals surface area contributed by atoms with Gasteiger partial charge < -0.3 is 9.15 Å². The average Bonchev–Trinajstić information content (AvgIpc) is 3.27. The molecule has 3 aromatic rings. The normalized spacial score (nSPS) is 15.3. The molecule has 4 rings (SSSR count). The third-order valence-corrected chi connectivity index (χ3v) is 5.64. The molecule has 0 fully saturated rings. The predicted molar refractivity (Wildman–Crippen MR) is 124 cm³/mol. The molecule has 0 saturated carbocycles. The molecule has 6 nitrogen and oxygen atoms in total. The maximum Gasteiger partial charge on any atom is 0.276 e. The van der Waals surface area contributed by atoms with Crippen molar-refractivity contribution in [3.8, 4) is 23.1 Å². The molecule has 0 saturated heterocycles. The van der Waals surface area contributed by atoms with Gasteiger partial charge in [0, 0.05) is 15.6 Å². The number of furan rings is 1. The number of anilines is 1. The molecular weight excluding hydrogens is 472 g/mol. The van der Waals surface area contributed by atoms with Gasteiger partial charge in [0.15, 0.2) is 0 Å². The molecule has 2 amide bonds. The zero-order valence-corrected chi connectivity index (χ0v) is 18.8. The van der Waals surface area contributed by atoms with Crippen LogP contribution in [0.5, 0.6) is 5.75 Å². The van der Waals surface area contributed by atoms with Crippen molar-refractivity contribution in [2.75, 3.05) is 12.0 Å².